The Bertz CT molecular complexity index is 472. The van der Waals surface area contributed by atoms with Crippen molar-refractivity contribution in [2.75, 3.05) is 11.9 Å². The molecule has 0 spiro atoms. The van der Waals surface area contributed by atoms with Crippen molar-refractivity contribution in [3.63, 3.8) is 0 Å². The van der Waals surface area contributed by atoms with Crippen molar-refractivity contribution in [1.82, 2.24) is 0 Å². The molecule has 0 amide bonds. The number of benzene rings is 1. The first-order valence-electron chi connectivity index (χ1n) is 5.67. The molecule has 0 saturated carbocycles. The van der Waals surface area contributed by atoms with Gasteiger partial charge in [0, 0.05) is 0 Å². The quantitative estimate of drug-likeness (QED) is 0.654. The van der Waals surface area contributed by atoms with Gasteiger partial charge in [-0.3, -0.25) is 0 Å². The lowest BCUT2D eigenvalue weighted by molar-refractivity contribution is 0.275. The summed E-state index contributed by atoms with van der Waals surface area (Å²) in [6.07, 6.45) is 0.881. The minimum Gasteiger partial charge on any atom is -0.471 e. The molecule has 96 valence electrons. The highest BCUT2D eigenvalue weighted by Gasteiger charge is 2.28. The molecule has 1 heterocycles. The summed E-state index contributed by atoms with van der Waals surface area (Å²) in [4.78, 5) is 0. The van der Waals surface area contributed by atoms with Gasteiger partial charge in [-0.05, 0) is 41.8 Å². The number of nitrogens with one attached hydrogen (secondary N) is 1. The molecule has 0 fully saturated rings. The second-order valence-electron chi connectivity index (χ2n) is 3.96. The van der Waals surface area contributed by atoms with Crippen LogP contribution in [0.2, 0.25) is 5.02 Å². The number of hydrogen-bond donors (Lipinski definition) is 2. The van der Waals surface area contributed by atoms with Crippen molar-refractivity contribution in [1.29, 1.82) is 0 Å². The molecule has 0 atom stereocenters. The van der Waals surface area contributed by atoms with E-state index < -0.39 is 7.12 Å². The van der Waals surface area contributed by atoms with Crippen LogP contribution in [0.15, 0.2) is 12.1 Å². The van der Waals surface area contributed by atoms with Gasteiger partial charge >= 0.3 is 7.12 Å². The van der Waals surface area contributed by atoms with Gasteiger partial charge < -0.3 is 19.7 Å². The molecule has 0 aliphatic carbocycles. The van der Waals surface area contributed by atoms with E-state index in [0.29, 0.717) is 29.4 Å². The second kappa shape index (κ2) is 5.88. The first-order chi connectivity index (χ1) is 8.61. The first kappa shape index (κ1) is 13.6. The van der Waals surface area contributed by atoms with Crippen molar-refractivity contribution in [3.05, 3.63) is 22.7 Å². The Balaban J connectivity index is 2.14. The third-order valence-corrected chi connectivity index (χ3v) is 3.10. The molecular formula is C11H13BClNO3S. The topological polar surface area (TPSA) is 50.7 Å². The van der Waals surface area contributed by atoms with Crippen molar-refractivity contribution < 1.29 is 14.4 Å². The largest absolute Gasteiger partial charge is 0.491 e. The van der Waals surface area contributed by atoms with E-state index in [1.807, 2.05) is 6.92 Å². The number of ether oxygens (including phenoxy) is 1. The summed E-state index contributed by atoms with van der Waals surface area (Å²) >= 11 is 11.2. The smallest absolute Gasteiger partial charge is 0.471 e. The molecule has 0 radical (unpaired) electrons. The van der Waals surface area contributed by atoms with E-state index in [9.17, 15) is 5.02 Å². The second-order valence-corrected chi connectivity index (χ2v) is 4.73. The minimum atomic E-state index is -0.900. The fraction of sp³-hybridized carbons (Fsp3) is 0.364. The SMILES string of the molecule is CCCOC(=S)Nc1cc2c(cc1Cl)COB2O. The van der Waals surface area contributed by atoms with Gasteiger partial charge in [0.15, 0.2) is 0 Å². The highest BCUT2D eigenvalue weighted by Crippen LogP contribution is 2.25. The highest BCUT2D eigenvalue weighted by molar-refractivity contribution is 7.80. The maximum Gasteiger partial charge on any atom is 0.491 e. The van der Waals surface area contributed by atoms with E-state index >= 15 is 0 Å². The molecule has 0 aromatic heterocycles. The van der Waals surface area contributed by atoms with E-state index in [4.69, 9.17) is 33.2 Å². The molecular weight excluding hydrogens is 272 g/mol. The third kappa shape index (κ3) is 2.95. The molecule has 1 aromatic rings. The van der Waals surface area contributed by atoms with Crippen LogP contribution in [0.5, 0.6) is 0 Å². The summed E-state index contributed by atoms with van der Waals surface area (Å²) in [7, 11) is -0.900. The molecule has 0 saturated heterocycles. The standard InChI is InChI=1S/C11H13BClNO3S/c1-2-3-16-11(18)14-10-5-8-7(4-9(10)13)6-17-12(8)15/h4-5,15H,2-3,6H2,1H3,(H,14,18). The number of thiocarbonyl (C=S) groups is 1. The van der Waals surface area contributed by atoms with Gasteiger partial charge in [0.25, 0.3) is 5.17 Å². The molecule has 2 rings (SSSR count). The Morgan fingerprint density at radius 2 is 2.44 bits per heavy atom. The van der Waals surface area contributed by atoms with E-state index in [0.717, 1.165) is 12.0 Å². The van der Waals surface area contributed by atoms with Crippen molar-refractivity contribution in [2.24, 2.45) is 0 Å². The van der Waals surface area contributed by atoms with Crippen molar-refractivity contribution in [2.45, 2.75) is 20.0 Å². The van der Waals surface area contributed by atoms with E-state index in [-0.39, 0.29) is 5.17 Å². The highest BCUT2D eigenvalue weighted by atomic mass is 35.5. The van der Waals surface area contributed by atoms with Gasteiger partial charge in [-0.25, -0.2) is 0 Å². The zero-order valence-electron chi connectivity index (χ0n) is 9.90. The van der Waals surface area contributed by atoms with Crippen LogP contribution < -0.4 is 10.8 Å². The molecule has 0 unspecified atom stereocenters. The van der Waals surface area contributed by atoms with Crippen LogP contribution in [-0.2, 0) is 16.0 Å². The Kier molecular flexibility index (Phi) is 4.45. The van der Waals surface area contributed by atoms with Crippen molar-refractivity contribution in [3.8, 4) is 0 Å². The van der Waals surface area contributed by atoms with Crippen LogP contribution in [0.1, 0.15) is 18.9 Å². The summed E-state index contributed by atoms with van der Waals surface area (Å²) in [5, 5.41) is 13.3. The molecule has 18 heavy (non-hydrogen) atoms. The fourth-order valence-electron chi connectivity index (χ4n) is 1.68. The summed E-state index contributed by atoms with van der Waals surface area (Å²) in [6, 6.07) is 3.49. The van der Waals surface area contributed by atoms with Crippen LogP contribution in [0.3, 0.4) is 0 Å². The Morgan fingerprint density at radius 3 is 3.17 bits per heavy atom. The number of halogens is 1. The average Bonchev–Trinajstić information content (AvgIpc) is 2.69. The molecule has 1 aromatic carbocycles. The Labute approximate surface area is 116 Å². The van der Waals surface area contributed by atoms with Gasteiger partial charge in [0.05, 0.1) is 23.9 Å². The monoisotopic (exact) mass is 285 g/mol. The summed E-state index contributed by atoms with van der Waals surface area (Å²) in [5.74, 6) is 0. The van der Waals surface area contributed by atoms with Crippen LogP contribution in [-0.4, -0.2) is 23.9 Å². The first-order valence-corrected chi connectivity index (χ1v) is 6.46. The number of rotatable bonds is 3. The molecule has 1 aliphatic heterocycles. The summed E-state index contributed by atoms with van der Waals surface area (Å²) < 4.78 is 10.4. The Morgan fingerprint density at radius 1 is 1.67 bits per heavy atom. The average molecular weight is 286 g/mol. The van der Waals surface area contributed by atoms with Crippen LogP contribution >= 0.6 is 23.8 Å². The molecule has 4 nitrogen and oxygen atoms in total. The maximum absolute atomic E-state index is 9.62. The molecule has 1 aliphatic rings. The lowest BCUT2D eigenvalue weighted by atomic mass is 9.79. The summed E-state index contributed by atoms with van der Waals surface area (Å²) in [5.41, 5.74) is 2.21. The van der Waals surface area contributed by atoms with Gasteiger partial charge in [-0.2, -0.15) is 0 Å². The van der Waals surface area contributed by atoms with E-state index in [1.165, 1.54) is 0 Å². The van der Waals surface area contributed by atoms with Crippen LogP contribution in [0.25, 0.3) is 0 Å². The van der Waals surface area contributed by atoms with Gasteiger partial charge in [-0.15, -0.1) is 0 Å². The lowest BCUT2D eigenvalue weighted by Crippen LogP contribution is -2.28. The van der Waals surface area contributed by atoms with Crippen LogP contribution in [0, 0.1) is 0 Å². The molecule has 2 N–H and O–H groups in total. The van der Waals surface area contributed by atoms with Gasteiger partial charge in [0.2, 0.25) is 0 Å². The zero-order chi connectivity index (χ0) is 13.1. The molecule has 0 bridgehead atoms. The molecule has 7 heteroatoms. The normalized spacial score (nSPS) is 13.4. The minimum absolute atomic E-state index is 0.270. The zero-order valence-corrected chi connectivity index (χ0v) is 11.5. The Hall–Kier alpha value is -0.815. The van der Waals surface area contributed by atoms with Crippen molar-refractivity contribution >= 4 is 47.3 Å². The van der Waals surface area contributed by atoms with Gasteiger partial charge in [0.1, 0.15) is 0 Å². The summed E-state index contributed by atoms with van der Waals surface area (Å²) in [6.45, 7) is 2.92. The third-order valence-electron chi connectivity index (χ3n) is 2.57. The predicted octanol–water partition coefficient (Wildman–Crippen LogP) is 1.68. The fourth-order valence-corrected chi connectivity index (χ4v) is 2.11. The number of anilines is 1. The van der Waals surface area contributed by atoms with E-state index in [2.05, 4.69) is 5.32 Å². The predicted molar refractivity (Wildman–Crippen MR) is 76.3 cm³/mol. The number of fused-ring (bicyclic) bond motifs is 1. The van der Waals surface area contributed by atoms with Crippen LogP contribution in [0.4, 0.5) is 5.69 Å². The lowest BCUT2D eigenvalue weighted by Gasteiger charge is -2.12. The maximum atomic E-state index is 9.62. The van der Waals surface area contributed by atoms with Gasteiger partial charge in [-0.1, -0.05) is 18.5 Å². The number of hydrogen-bond acceptors (Lipinski definition) is 4. The van der Waals surface area contributed by atoms with E-state index in [1.54, 1.807) is 12.1 Å².